The predicted octanol–water partition coefficient (Wildman–Crippen LogP) is 8.53. The van der Waals surface area contributed by atoms with E-state index >= 15 is 0 Å². The number of hydrogen-bond donors (Lipinski definition) is 2. The van der Waals surface area contributed by atoms with Gasteiger partial charge in [0, 0.05) is 36.5 Å². The molecule has 8 heteroatoms. The summed E-state index contributed by atoms with van der Waals surface area (Å²) in [5, 5.41) is 3.05. The van der Waals surface area contributed by atoms with Crippen molar-refractivity contribution in [2.45, 2.75) is 133 Å². The molecule has 2 aliphatic heterocycles. The van der Waals surface area contributed by atoms with Crippen LogP contribution in [0.15, 0.2) is 58.9 Å². The Balaban J connectivity index is 0.000000483. The topological polar surface area (TPSA) is 106 Å². The number of nitrogens with one attached hydrogen (secondary N) is 1. The molecule has 0 aliphatic carbocycles. The summed E-state index contributed by atoms with van der Waals surface area (Å²) < 4.78 is 10.4. The lowest BCUT2D eigenvalue weighted by Crippen LogP contribution is -2.51. The molecule has 3 N–H and O–H groups in total. The number of hydrogen-bond acceptors (Lipinski definition) is 6. The van der Waals surface area contributed by atoms with Crippen molar-refractivity contribution in [2.24, 2.45) is 16.1 Å². The lowest BCUT2D eigenvalue weighted by molar-refractivity contribution is -0.151. The highest BCUT2D eigenvalue weighted by Crippen LogP contribution is 2.32. The van der Waals surface area contributed by atoms with Gasteiger partial charge in [-0.3, -0.25) is 9.59 Å². The molecule has 258 valence electrons. The maximum Gasteiger partial charge on any atom is 0.303 e. The van der Waals surface area contributed by atoms with E-state index in [1.54, 1.807) is 0 Å². The van der Waals surface area contributed by atoms with Crippen LogP contribution in [0.25, 0.3) is 0 Å². The van der Waals surface area contributed by atoms with Crippen LogP contribution in [0, 0.1) is 12.3 Å². The average Bonchev–Trinajstić information content (AvgIpc) is 2.94. The van der Waals surface area contributed by atoms with E-state index in [1.807, 2.05) is 83.8 Å². The van der Waals surface area contributed by atoms with E-state index in [4.69, 9.17) is 15.2 Å². The summed E-state index contributed by atoms with van der Waals surface area (Å²) in [5.74, 6) is 0.197. The maximum absolute atomic E-state index is 13.0. The first kappa shape index (κ1) is 40.6. The van der Waals surface area contributed by atoms with Crippen LogP contribution in [0.1, 0.15) is 124 Å². The van der Waals surface area contributed by atoms with Crippen molar-refractivity contribution < 1.29 is 19.1 Å². The lowest BCUT2D eigenvalue weighted by Gasteiger charge is -2.38. The van der Waals surface area contributed by atoms with Crippen LogP contribution in [0.4, 0.5) is 5.69 Å². The Labute approximate surface area is 279 Å². The van der Waals surface area contributed by atoms with E-state index in [-0.39, 0.29) is 29.6 Å². The van der Waals surface area contributed by atoms with Gasteiger partial charge in [-0.15, -0.1) is 0 Å². The van der Waals surface area contributed by atoms with E-state index in [9.17, 15) is 9.59 Å². The normalized spacial score (nSPS) is 18.6. The molecule has 1 fully saturated rings. The number of esters is 1. The Morgan fingerprint density at radius 3 is 2.17 bits per heavy atom. The smallest absolute Gasteiger partial charge is 0.303 e. The summed E-state index contributed by atoms with van der Waals surface area (Å²) >= 11 is 0. The van der Waals surface area contributed by atoms with Gasteiger partial charge in [0.05, 0.1) is 24.4 Å². The first-order chi connectivity index (χ1) is 21.4. The van der Waals surface area contributed by atoms with Crippen LogP contribution in [0.5, 0.6) is 0 Å². The number of aliphatic imine (C=N–C) groups is 1. The molecule has 0 saturated carbocycles. The number of nitrogens with zero attached hydrogens (tertiary/aromatic N) is 2. The Hall–Kier alpha value is -3.39. The highest BCUT2D eigenvalue weighted by Gasteiger charge is 2.30. The summed E-state index contributed by atoms with van der Waals surface area (Å²) in [4.78, 5) is 29.7. The van der Waals surface area contributed by atoms with Gasteiger partial charge in [-0.1, -0.05) is 53.5 Å². The third-order valence-corrected chi connectivity index (χ3v) is 8.39. The third kappa shape index (κ3) is 13.1. The van der Waals surface area contributed by atoms with Crippen molar-refractivity contribution in [3.8, 4) is 0 Å². The second-order valence-corrected chi connectivity index (χ2v) is 13.7. The van der Waals surface area contributed by atoms with Crippen molar-refractivity contribution in [1.82, 2.24) is 10.2 Å². The van der Waals surface area contributed by atoms with Gasteiger partial charge in [-0.2, -0.15) is 0 Å². The molecule has 1 aromatic carbocycles. The van der Waals surface area contributed by atoms with Gasteiger partial charge >= 0.3 is 5.97 Å². The third-order valence-electron chi connectivity index (χ3n) is 8.39. The molecule has 0 spiro atoms. The zero-order valence-electron chi connectivity index (χ0n) is 30.8. The quantitative estimate of drug-likeness (QED) is 0.168. The number of aryl methyl sites for hydroxylation is 1. The van der Waals surface area contributed by atoms with E-state index in [1.165, 1.54) is 39.0 Å². The summed E-state index contributed by atoms with van der Waals surface area (Å²) in [5.41, 5.74) is 11.3. The second kappa shape index (κ2) is 18.7. The summed E-state index contributed by atoms with van der Waals surface area (Å²) in [6.45, 7) is 29.3. The average molecular weight is 639 g/mol. The highest BCUT2D eigenvalue weighted by atomic mass is 16.6. The maximum atomic E-state index is 13.0. The Kier molecular flexibility index (Phi) is 16.5. The Morgan fingerprint density at radius 1 is 1.11 bits per heavy atom. The van der Waals surface area contributed by atoms with Gasteiger partial charge in [0.25, 0.3) is 5.91 Å². The Bertz CT molecular complexity index is 1270. The molecule has 0 aromatic heterocycles. The molecule has 2 heterocycles. The highest BCUT2D eigenvalue weighted by molar-refractivity contribution is 6.03. The molecule has 46 heavy (non-hydrogen) atoms. The molecular formula is C38H62N4O4. The monoisotopic (exact) mass is 638 g/mol. The summed E-state index contributed by atoms with van der Waals surface area (Å²) in [6.07, 6.45) is 10.6. The number of carbonyl (C=O) groups excluding carboxylic acids is 2. The fraction of sp³-hybridized carbons (Fsp3) is 0.605. The molecule has 1 aromatic rings. The van der Waals surface area contributed by atoms with Gasteiger partial charge in [0.15, 0.2) is 0 Å². The van der Waals surface area contributed by atoms with Crippen molar-refractivity contribution in [2.75, 3.05) is 13.2 Å². The van der Waals surface area contributed by atoms with Gasteiger partial charge in [-0.25, -0.2) is 4.99 Å². The molecule has 3 rings (SSSR count). The van der Waals surface area contributed by atoms with Crippen LogP contribution < -0.4 is 11.1 Å². The van der Waals surface area contributed by atoms with E-state index < -0.39 is 0 Å². The summed E-state index contributed by atoms with van der Waals surface area (Å²) in [6, 6.07) is 5.58. The number of ether oxygens (including phenoxy) is 2. The fourth-order valence-electron chi connectivity index (χ4n) is 5.66. The van der Waals surface area contributed by atoms with E-state index in [0.29, 0.717) is 35.7 Å². The molecule has 1 amide bonds. The molecule has 1 saturated heterocycles. The number of allylic oxidation sites excluding steroid dienone is 2. The van der Waals surface area contributed by atoms with Crippen molar-refractivity contribution in [3.05, 3.63) is 65.0 Å². The number of dihydropyridines is 1. The molecule has 2 aliphatic rings. The number of benzene rings is 1. The molecule has 8 nitrogen and oxygen atoms in total. The molecule has 2 atom stereocenters. The van der Waals surface area contributed by atoms with E-state index in [0.717, 1.165) is 22.4 Å². The van der Waals surface area contributed by atoms with Crippen LogP contribution in [-0.4, -0.2) is 53.5 Å². The van der Waals surface area contributed by atoms with Crippen molar-refractivity contribution in [1.29, 1.82) is 0 Å². The number of carbonyl (C=O) groups is 2. The first-order valence-corrected chi connectivity index (χ1v) is 16.8. The minimum absolute atomic E-state index is 0.0252. The first-order valence-electron chi connectivity index (χ1n) is 16.8. The van der Waals surface area contributed by atoms with Gasteiger partial charge in [0.2, 0.25) is 0 Å². The lowest BCUT2D eigenvalue weighted by atomic mass is 9.79. The summed E-state index contributed by atoms with van der Waals surface area (Å²) in [7, 11) is 0. The van der Waals surface area contributed by atoms with Gasteiger partial charge < -0.3 is 25.4 Å². The van der Waals surface area contributed by atoms with Crippen LogP contribution in [0.3, 0.4) is 0 Å². The molecular weight excluding hydrogens is 576 g/mol. The van der Waals surface area contributed by atoms with Gasteiger partial charge in [0.1, 0.15) is 11.4 Å². The SMILES string of the molecule is C=C1NC=CC(C)=C1C(N)=Nc1ccc(C(=O)N2CCOC(C)C2C)c(C)c1.CC(=O)OC(C)(C)C.CCCC(C)(CC)CCC. The zero-order chi connectivity index (χ0) is 35.2. The minimum Gasteiger partial charge on any atom is -0.460 e. The fourth-order valence-corrected chi connectivity index (χ4v) is 5.66. The van der Waals surface area contributed by atoms with Crippen molar-refractivity contribution >= 4 is 23.4 Å². The van der Waals surface area contributed by atoms with Crippen LogP contribution in [-0.2, 0) is 14.3 Å². The van der Waals surface area contributed by atoms with Crippen LogP contribution >= 0.6 is 0 Å². The molecule has 2 unspecified atom stereocenters. The number of rotatable bonds is 8. The molecule has 0 bridgehead atoms. The standard InChI is InChI=1S/C22H28N4O2.C10H22.C6H12O2/c1-13-8-9-24-15(3)20(13)21(23)25-18-6-7-19(14(2)12-18)22(27)26-10-11-28-17(5)16(26)4;1-5-8-10(4,7-3)9-6-2;1-5(7)8-6(2,3)4/h6-9,12,16-17,24H,3,10-11H2,1-2,4-5H3,(H2,23,25);5-9H2,1-4H3;1-4H3. The number of amidine groups is 1. The van der Waals surface area contributed by atoms with Crippen LogP contribution in [0.2, 0.25) is 0 Å². The Morgan fingerprint density at radius 2 is 1.72 bits per heavy atom. The zero-order valence-corrected chi connectivity index (χ0v) is 30.8. The number of nitrogens with two attached hydrogens (primary N) is 1. The number of morpholine rings is 1. The number of amides is 1. The largest absolute Gasteiger partial charge is 0.460 e. The van der Waals surface area contributed by atoms with Gasteiger partial charge in [-0.05, 0) is 102 Å². The predicted molar refractivity (Wildman–Crippen MR) is 192 cm³/mol. The molecule has 0 radical (unpaired) electrons. The van der Waals surface area contributed by atoms with Crippen molar-refractivity contribution in [3.63, 3.8) is 0 Å². The van der Waals surface area contributed by atoms with E-state index in [2.05, 4.69) is 44.6 Å². The second-order valence-electron chi connectivity index (χ2n) is 13.7. The minimum atomic E-state index is -0.328.